The summed E-state index contributed by atoms with van der Waals surface area (Å²) >= 11 is 0. The molecular weight excluding hydrogens is 352 g/mol. The van der Waals surface area contributed by atoms with Crippen molar-refractivity contribution in [2.45, 2.75) is 51.0 Å². The molecule has 5 nitrogen and oxygen atoms in total. The van der Waals surface area contributed by atoms with Crippen molar-refractivity contribution in [3.8, 4) is 5.75 Å². The van der Waals surface area contributed by atoms with E-state index in [0.29, 0.717) is 11.3 Å². The second-order valence-corrected chi connectivity index (χ2v) is 8.77. The average molecular weight is 387 g/mol. The number of hydrogen-bond acceptors (Lipinski definition) is 4. The number of carbonyl (C=O) groups excluding carboxylic acids is 1. The van der Waals surface area contributed by atoms with E-state index in [-0.39, 0.29) is 6.10 Å². The summed E-state index contributed by atoms with van der Waals surface area (Å²) in [6.45, 7) is 6.77. The fourth-order valence-corrected chi connectivity index (χ4v) is 4.96. The SMILES string of the molecule is O=C1CCC2(CCN(CCCOc3ccccc3)CC2)CN1C[C@H]1CCCO1. The maximum absolute atomic E-state index is 12.4. The van der Waals surface area contributed by atoms with Crippen LogP contribution in [0.5, 0.6) is 5.75 Å². The van der Waals surface area contributed by atoms with Gasteiger partial charge in [0.15, 0.2) is 0 Å². The van der Waals surface area contributed by atoms with Crippen LogP contribution >= 0.6 is 0 Å². The third kappa shape index (κ3) is 5.06. The number of benzene rings is 1. The molecule has 3 fully saturated rings. The Morgan fingerprint density at radius 2 is 1.96 bits per heavy atom. The van der Waals surface area contributed by atoms with Gasteiger partial charge in [-0.3, -0.25) is 4.79 Å². The zero-order valence-corrected chi connectivity index (χ0v) is 17.0. The van der Waals surface area contributed by atoms with Crippen LogP contribution in [0.4, 0.5) is 0 Å². The Balaban J connectivity index is 1.19. The van der Waals surface area contributed by atoms with Gasteiger partial charge in [0.05, 0.1) is 12.7 Å². The molecule has 0 aliphatic carbocycles. The van der Waals surface area contributed by atoms with Crippen molar-refractivity contribution in [3.63, 3.8) is 0 Å². The first-order chi connectivity index (χ1) is 13.7. The average Bonchev–Trinajstić information content (AvgIpc) is 3.24. The standard InChI is InChI=1S/C23H34N2O3/c26-22-9-10-23(19-25(22)18-21-8-4-16-28-21)11-14-24(15-12-23)13-5-17-27-20-6-2-1-3-7-20/h1-3,6-7,21H,4-5,8-19H2/t21-/m1/s1. The monoisotopic (exact) mass is 386 g/mol. The maximum Gasteiger partial charge on any atom is 0.222 e. The van der Waals surface area contributed by atoms with Crippen molar-refractivity contribution in [2.75, 3.05) is 45.9 Å². The van der Waals surface area contributed by atoms with Crippen molar-refractivity contribution in [2.24, 2.45) is 5.41 Å². The lowest BCUT2D eigenvalue weighted by Gasteiger charge is -2.48. The molecule has 1 aromatic rings. The predicted molar refractivity (Wildman–Crippen MR) is 109 cm³/mol. The number of piperidine rings is 2. The molecule has 0 radical (unpaired) electrons. The normalized spacial score (nSPS) is 25.4. The van der Waals surface area contributed by atoms with Crippen LogP contribution in [0.1, 0.15) is 44.9 Å². The van der Waals surface area contributed by atoms with Gasteiger partial charge in [-0.1, -0.05) is 18.2 Å². The predicted octanol–water partition coefficient (Wildman–Crippen LogP) is 3.34. The Kier molecular flexibility index (Phi) is 6.53. The first-order valence-corrected chi connectivity index (χ1v) is 11.0. The Labute approximate surface area is 169 Å². The summed E-state index contributed by atoms with van der Waals surface area (Å²) in [4.78, 5) is 17.1. The Hall–Kier alpha value is -1.59. The van der Waals surface area contributed by atoms with E-state index in [1.807, 2.05) is 30.3 Å². The molecule has 1 spiro atoms. The van der Waals surface area contributed by atoms with Gasteiger partial charge in [0.2, 0.25) is 5.91 Å². The summed E-state index contributed by atoms with van der Waals surface area (Å²) in [5.74, 6) is 1.29. The smallest absolute Gasteiger partial charge is 0.222 e. The van der Waals surface area contributed by atoms with Crippen LogP contribution in [0.25, 0.3) is 0 Å². The molecule has 3 saturated heterocycles. The van der Waals surface area contributed by atoms with Crippen LogP contribution in [0, 0.1) is 5.41 Å². The maximum atomic E-state index is 12.4. The number of hydrogen-bond donors (Lipinski definition) is 0. The van der Waals surface area contributed by atoms with Gasteiger partial charge in [0, 0.05) is 32.7 Å². The molecule has 4 rings (SSSR count). The number of para-hydroxylation sites is 1. The quantitative estimate of drug-likeness (QED) is 0.674. The van der Waals surface area contributed by atoms with E-state index in [9.17, 15) is 4.79 Å². The van der Waals surface area contributed by atoms with Crippen LogP contribution in [0.15, 0.2) is 30.3 Å². The molecule has 5 heteroatoms. The first-order valence-electron chi connectivity index (χ1n) is 11.0. The van der Waals surface area contributed by atoms with Gasteiger partial charge in [-0.25, -0.2) is 0 Å². The van der Waals surface area contributed by atoms with E-state index in [1.54, 1.807) is 0 Å². The highest BCUT2D eigenvalue weighted by molar-refractivity contribution is 5.77. The van der Waals surface area contributed by atoms with E-state index < -0.39 is 0 Å². The van der Waals surface area contributed by atoms with Crippen LogP contribution in [-0.4, -0.2) is 67.7 Å². The van der Waals surface area contributed by atoms with Crippen molar-refractivity contribution in [3.05, 3.63) is 30.3 Å². The van der Waals surface area contributed by atoms with Crippen molar-refractivity contribution in [1.82, 2.24) is 9.80 Å². The summed E-state index contributed by atoms with van der Waals surface area (Å²) in [6.07, 6.45) is 7.78. The summed E-state index contributed by atoms with van der Waals surface area (Å²) < 4.78 is 11.6. The molecule has 1 aromatic carbocycles. The summed E-state index contributed by atoms with van der Waals surface area (Å²) in [5, 5.41) is 0. The summed E-state index contributed by atoms with van der Waals surface area (Å²) in [6, 6.07) is 10.1. The van der Waals surface area contributed by atoms with Gasteiger partial charge in [-0.2, -0.15) is 0 Å². The van der Waals surface area contributed by atoms with Crippen LogP contribution in [0.3, 0.4) is 0 Å². The largest absolute Gasteiger partial charge is 0.494 e. The Morgan fingerprint density at radius 3 is 2.71 bits per heavy atom. The fraction of sp³-hybridized carbons (Fsp3) is 0.696. The van der Waals surface area contributed by atoms with E-state index in [0.717, 1.165) is 83.8 Å². The van der Waals surface area contributed by atoms with E-state index in [1.165, 1.54) is 12.8 Å². The van der Waals surface area contributed by atoms with Gasteiger partial charge in [-0.05, 0) is 69.2 Å². The van der Waals surface area contributed by atoms with Crippen molar-refractivity contribution in [1.29, 1.82) is 0 Å². The second-order valence-electron chi connectivity index (χ2n) is 8.77. The molecule has 154 valence electrons. The summed E-state index contributed by atoms with van der Waals surface area (Å²) in [7, 11) is 0. The van der Waals surface area contributed by atoms with Crippen molar-refractivity contribution < 1.29 is 14.3 Å². The minimum absolute atomic E-state index is 0.267. The van der Waals surface area contributed by atoms with Gasteiger partial charge < -0.3 is 19.3 Å². The summed E-state index contributed by atoms with van der Waals surface area (Å²) in [5.41, 5.74) is 0.337. The van der Waals surface area contributed by atoms with Crippen LogP contribution < -0.4 is 4.74 Å². The molecule has 1 amide bonds. The number of ether oxygens (including phenoxy) is 2. The molecule has 3 aliphatic rings. The molecule has 0 unspecified atom stereocenters. The van der Waals surface area contributed by atoms with Gasteiger partial charge in [-0.15, -0.1) is 0 Å². The van der Waals surface area contributed by atoms with Gasteiger partial charge in [0.1, 0.15) is 5.75 Å². The number of carbonyl (C=O) groups is 1. The van der Waals surface area contributed by atoms with E-state index in [2.05, 4.69) is 9.80 Å². The fourth-order valence-electron chi connectivity index (χ4n) is 4.96. The lowest BCUT2D eigenvalue weighted by molar-refractivity contribution is -0.141. The Bertz CT molecular complexity index is 622. The lowest BCUT2D eigenvalue weighted by Crippen LogP contribution is -2.53. The number of likely N-dealkylation sites (tertiary alicyclic amines) is 2. The molecule has 0 N–H and O–H groups in total. The minimum atomic E-state index is 0.267. The molecular formula is C23H34N2O3. The molecule has 28 heavy (non-hydrogen) atoms. The van der Waals surface area contributed by atoms with E-state index in [4.69, 9.17) is 9.47 Å². The van der Waals surface area contributed by atoms with Crippen LogP contribution in [0.2, 0.25) is 0 Å². The number of rotatable bonds is 7. The van der Waals surface area contributed by atoms with E-state index >= 15 is 0 Å². The molecule has 3 heterocycles. The second kappa shape index (κ2) is 9.27. The highest BCUT2D eigenvalue weighted by Gasteiger charge is 2.41. The molecule has 0 bridgehead atoms. The highest BCUT2D eigenvalue weighted by Crippen LogP contribution is 2.40. The first kappa shape index (κ1) is 19.7. The molecule has 0 aromatic heterocycles. The van der Waals surface area contributed by atoms with Crippen LogP contribution in [-0.2, 0) is 9.53 Å². The Morgan fingerprint density at radius 1 is 1.14 bits per heavy atom. The zero-order chi connectivity index (χ0) is 19.2. The topological polar surface area (TPSA) is 42.0 Å². The highest BCUT2D eigenvalue weighted by atomic mass is 16.5. The minimum Gasteiger partial charge on any atom is -0.494 e. The zero-order valence-electron chi connectivity index (χ0n) is 17.0. The third-order valence-corrected chi connectivity index (χ3v) is 6.74. The number of amides is 1. The van der Waals surface area contributed by atoms with Gasteiger partial charge >= 0.3 is 0 Å². The molecule has 0 saturated carbocycles. The lowest BCUT2D eigenvalue weighted by atomic mass is 9.72. The van der Waals surface area contributed by atoms with Crippen molar-refractivity contribution >= 4 is 5.91 Å². The van der Waals surface area contributed by atoms with Gasteiger partial charge in [0.25, 0.3) is 0 Å². The molecule has 1 atom stereocenters. The third-order valence-electron chi connectivity index (χ3n) is 6.74. The number of nitrogens with zero attached hydrogens (tertiary/aromatic N) is 2. The molecule has 3 aliphatic heterocycles.